The molecule has 0 saturated carbocycles. The molecule has 402 valence electrons. The van der Waals surface area contributed by atoms with E-state index in [4.69, 9.17) is 0 Å². The van der Waals surface area contributed by atoms with Gasteiger partial charge in [0.05, 0.1) is 0 Å². The zero-order valence-electron chi connectivity index (χ0n) is 47.2. The standard InChI is InChI=1S/C85H48Br2/c1-85-69-31-15-27-59-71(87)43-41-64(78(59)69)84(85)73(68-45-66-55-23-11-9-21-53(55)57-25-13-29-61(76(57)66)80(68)83(85)51-18-6-3-7-19-51)49-36-32-46(33-37-49)47-34-38-50(39-35-47)74-79-60-28-12-24-56-52-20-8-10-22-54(52)65(75(56)60)44-67(79)72(48-16-4-2-5-17-48)81-62-30-14-26-58-70(86)42-40-63(77(58)62)82(74)81/h2-45,83H,1H3. The fourth-order valence-corrected chi connectivity index (χ4v) is 18.4. The number of benzene rings is 15. The summed E-state index contributed by atoms with van der Waals surface area (Å²) in [6.45, 7) is 2.55. The van der Waals surface area contributed by atoms with Gasteiger partial charge in [0, 0.05) is 20.3 Å². The first kappa shape index (κ1) is 48.5. The Balaban J connectivity index is 0.822. The Morgan fingerprint density at radius 2 is 0.782 bits per heavy atom. The van der Waals surface area contributed by atoms with E-state index in [-0.39, 0.29) is 5.92 Å². The SMILES string of the molecule is CC12C(=C(c3ccc(-c4ccc(-c5c6c(cc7c8ccccc8c8cccc6c87)c(-c6ccccc6)c6c7cccc8c(Br)ccc(c56)c87)cc4)cc3)c3cc4c5c(cccc5c3C1c1ccccc1)-c1ccccc1-4)c1ccc(Br)c3cccc2c13. The Labute approximate surface area is 519 Å². The molecule has 0 spiro atoms. The summed E-state index contributed by atoms with van der Waals surface area (Å²) < 4.78 is 2.24. The Bertz CT molecular complexity index is 5930. The smallest absolute Gasteiger partial charge is 0.0303 e. The van der Waals surface area contributed by atoms with Crippen molar-refractivity contribution in [2.24, 2.45) is 0 Å². The van der Waals surface area contributed by atoms with Crippen molar-refractivity contribution in [3.63, 3.8) is 0 Å². The van der Waals surface area contributed by atoms with Crippen LogP contribution in [-0.2, 0) is 5.41 Å². The molecule has 17 aromatic carbocycles. The third-order valence-corrected chi connectivity index (χ3v) is 22.2. The number of hydrogen-bond donors (Lipinski definition) is 0. The number of hydrogen-bond acceptors (Lipinski definition) is 0. The number of fused-ring (bicyclic) bond motifs is 16. The van der Waals surface area contributed by atoms with Crippen LogP contribution in [0.25, 0.3) is 164 Å². The molecule has 0 bridgehead atoms. The molecule has 0 N–H and O–H groups in total. The van der Waals surface area contributed by atoms with Gasteiger partial charge in [-0.2, -0.15) is 0 Å². The first-order valence-corrected chi connectivity index (χ1v) is 31.9. The van der Waals surface area contributed by atoms with Gasteiger partial charge in [0.2, 0.25) is 0 Å². The third kappa shape index (κ3) is 6.22. The van der Waals surface area contributed by atoms with Crippen LogP contribution < -0.4 is 0 Å². The minimum atomic E-state index is -0.407. The molecule has 0 heterocycles. The van der Waals surface area contributed by atoms with Gasteiger partial charge >= 0.3 is 0 Å². The first-order chi connectivity index (χ1) is 42.9. The van der Waals surface area contributed by atoms with E-state index in [1.807, 2.05) is 0 Å². The maximum absolute atomic E-state index is 4.03. The van der Waals surface area contributed by atoms with Crippen molar-refractivity contribution >= 4 is 140 Å². The topological polar surface area (TPSA) is 0 Å². The molecule has 3 aliphatic carbocycles. The van der Waals surface area contributed by atoms with E-state index >= 15 is 0 Å². The van der Waals surface area contributed by atoms with E-state index < -0.39 is 5.41 Å². The zero-order valence-corrected chi connectivity index (χ0v) is 50.4. The van der Waals surface area contributed by atoms with Gasteiger partial charge in [0.25, 0.3) is 0 Å². The zero-order chi connectivity index (χ0) is 57.1. The molecule has 2 heteroatoms. The van der Waals surface area contributed by atoms with Crippen molar-refractivity contribution in [2.75, 3.05) is 0 Å². The molecule has 0 aromatic heterocycles. The lowest BCUT2D eigenvalue weighted by Crippen LogP contribution is -2.34. The van der Waals surface area contributed by atoms with Crippen molar-refractivity contribution in [3.8, 4) is 55.6 Å². The van der Waals surface area contributed by atoms with Crippen LogP contribution in [-0.4, -0.2) is 0 Å². The van der Waals surface area contributed by atoms with E-state index in [1.54, 1.807) is 0 Å². The normalized spacial score (nSPS) is 15.9. The Hall–Kier alpha value is -9.70. The fourth-order valence-electron chi connectivity index (χ4n) is 17.4. The van der Waals surface area contributed by atoms with Crippen molar-refractivity contribution in [2.45, 2.75) is 18.3 Å². The van der Waals surface area contributed by atoms with Crippen LogP contribution in [0.2, 0.25) is 0 Å². The summed E-state index contributed by atoms with van der Waals surface area (Å²) in [4.78, 5) is 0. The third-order valence-electron chi connectivity index (χ3n) is 20.8. The van der Waals surface area contributed by atoms with Gasteiger partial charge in [0.1, 0.15) is 0 Å². The molecule has 3 aliphatic rings. The second kappa shape index (κ2) is 17.5. The van der Waals surface area contributed by atoms with Gasteiger partial charge < -0.3 is 0 Å². The molecule has 87 heavy (non-hydrogen) atoms. The Kier molecular flexibility index (Phi) is 9.75. The summed E-state index contributed by atoms with van der Waals surface area (Å²) in [5, 5.41) is 23.5. The summed E-state index contributed by atoms with van der Waals surface area (Å²) >= 11 is 8.04. The van der Waals surface area contributed by atoms with Gasteiger partial charge in [-0.3, -0.25) is 0 Å². The molecule has 0 aliphatic heterocycles. The molecular formula is C85H48Br2. The average molecular weight is 1230 g/mol. The van der Waals surface area contributed by atoms with E-state index in [9.17, 15) is 0 Å². The molecule has 0 nitrogen and oxygen atoms in total. The van der Waals surface area contributed by atoms with Crippen molar-refractivity contribution in [3.05, 3.63) is 309 Å². The highest BCUT2D eigenvalue weighted by molar-refractivity contribution is 9.11. The summed E-state index contributed by atoms with van der Waals surface area (Å²) in [5.41, 5.74) is 23.0. The van der Waals surface area contributed by atoms with E-state index in [2.05, 4.69) is 306 Å². The van der Waals surface area contributed by atoms with E-state index in [0.717, 1.165) is 8.95 Å². The van der Waals surface area contributed by atoms with Crippen molar-refractivity contribution in [1.29, 1.82) is 0 Å². The molecule has 0 saturated heterocycles. The van der Waals surface area contributed by atoms with Crippen LogP contribution in [0.15, 0.2) is 276 Å². The largest absolute Gasteiger partial charge is 0.0622 e. The van der Waals surface area contributed by atoms with Crippen molar-refractivity contribution in [1.82, 2.24) is 0 Å². The lowest BCUT2D eigenvalue weighted by Gasteiger charge is -2.45. The second-order valence-electron chi connectivity index (χ2n) is 24.7. The quantitative estimate of drug-likeness (QED) is 0.151. The first-order valence-electron chi connectivity index (χ1n) is 30.3. The lowest BCUT2D eigenvalue weighted by molar-refractivity contribution is 0.544. The minimum absolute atomic E-state index is 0.0394. The molecule has 17 aromatic rings. The highest BCUT2D eigenvalue weighted by atomic mass is 79.9. The second-order valence-corrected chi connectivity index (χ2v) is 26.5. The monoisotopic (exact) mass is 1230 g/mol. The van der Waals surface area contributed by atoms with Crippen LogP contribution in [0.5, 0.6) is 0 Å². The van der Waals surface area contributed by atoms with Crippen LogP contribution in [0.3, 0.4) is 0 Å². The summed E-state index contributed by atoms with van der Waals surface area (Å²) in [5.74, 6) is 0.0394. The number of allylic oxidation sites excluding steroid dienone is 1. The van der Waals surface area contributed by atoms with Gasteiger partial charge in [0.15, 0.2) is 0 Å². The molecule has 20 rings (SSSR count). The van der Waals surface area contributed by atoms with E-state index in [1.165, 1.54) is 197 Å². The van der Waals surface area contributed by atoms with Gasteiger partial charge in [-0.25, -0.2) is 0 Å². The summed E-state index contributed by atoms with van der Waals surface area (Å²) in [6.07, 6.45) is 0. The maximum atomic E-state index is 4.03. The number of halogens is 2. The van der Waals surface area contributed by atoms with E-state index in [0.29, 0.717) is 0 Å². The molecule has 2 unspecified atom stereocenters. The highest BCUT2D eigenvalue weighted by Gasteiger charge is 2.53. The Morgan fingerprint density at radius 3 is 1.53 bits per heavy atom. The average Bonchev–Trinajstić information content (AvgIpc) is 1.62. The highest BCUT2D eigenvalue weighted by Crippen LogP contribution is 2.67. The minimum Gasteiger partial charge on any atom is -0.0622 e. The predicted octanol–water partition coefficient (Wildman–Crippen LogP) is 24.5. The van der Waals surface area contributed by atoms with Crippen LogP contribution in [0, 0.1) is 0 Å². The molecule has 0 amide bonds. The maximum Gasteiger partial charge on any atom is 0.0303 e. The molecule has 2 atom stereocenters. The fraction of sp³-hybridized carbons (Fsp3) is 0.0353. The van der Waals surface area contributed by atoms with Crippen molar-refractivity contribution < 1.29 is 0 Å². The molecular weight excluding hydrogens is 1180 g/mol. The molecule has 0 fully saturated rings. The van der Waals surface area contributed by atoms with Gasteiger partial charge in [-0.05, 0) is 221 Å². The predicted molar refractivity (Wildman–Crippen MR) is 377 cm³/mol. The molecule has 0 radical (unpaired) electrons. The van der Waals surface area contributed by atoms with Crippen LogP contribution in [0.4, 0.5) is 0 Å². The van der Waals surface area contributed by atoms with Crippen LogP contribution in [0.1, 0.15) is 46.2 Å². The summed E-state index contributed by atoms with van der Waals surface area (Å²) in [6, 6.07) is 102. The number of rotatable bonds is 5. The van der Waals surface area contributed by atoms with Gasteiger partial charge in [-0.1, -0.05) is 281 Å². The Morgan fingerprint density at radius 1 is 0.276 bits per heavy atom. The lowest BCUT2D eigenvalue weighted by atomic mass is 9.57. The van der Waals surface area contributed by atoms with Crippen LogP contribution >= 0.6 is 31.9 Å². The summed E-state index contributed by atoms with van der Waals surface area (Å²) in [7, 11) is 0. The van der Waals surface area contributed by atoms with Gasteiger partial charge in [-0.15, -0.1) is 0 Å².